The van der Waals surface area contributed by atoms with E-state index in [9.17, 15) is 0 Å². The Morgan fingerprint density at radius 2 is 1.86 bits per heavy atom. The van der Waals surface area contributed by atoms with Gasteiger partial charge in [-0.15, -0.1) is 0 Å². The van der Waals surface area contributed by atoms with Crippen molar-refractivity contribution in [2.24, 2.45) is 0 Å². The summed E-state index contributed by atoms with van der Waals surface area (Å²) in [6.07, 6.45) is 1.98. The van der Waals surface area contributed by atoms with E-state index in [1.165, 1.54) is 0 Å². The fourth-order valence-corrected chi connectivity index (χ4v) is 1.38. The number of imidazole rings is 1. The molecule has 0 aliphatic rings. The third-order valence-electron chi connectivity index (χ3n) is 2.24. The molecule has 0 atom stereocenters. The van der Waals surface area contributed by atoms with Crippen LogP contribution in [0, 0.1) is 0 Å². The van der Waals surface area contributed by atoms with E-state index in [0.717, 1.165) is 17.1 Å². The summed E-state index contributed by atoms with van der Waals surface area (Å²) in [5.74, 6) is 1.43. The van der Waals surface area contributed by atoms with Gasteiger partial charge < -0.3 is 4.98 Å². The molecular weight excluding hydrogens is 172 g/mol. The van der Waals surface area contributed by atoms with E-state index in [1.54, 1.807) is 0 Å². The number of nitrogens with zero attached hydrogens (tertiary/aromatic N) is 1. The van der Waals surface area contributed by atoms with Crippen molar-refractivity contribution in [2.45, 2.75) is 19.8 Å². The van der Waals surface area contributed by atoms with Crippen LogP contribution in [-0.4, -0.2) is 9.97 Å². The molecule has 0 fully saturated rings. The molecule has 1 aromatic heterocycles. The summed E-state index contributed by atoms with van der Waals surface area (Å²) in [7, 11) is 0. The van der Waals surface area contributed by atoms with Gasteiger partial charge in [-0.1, -0.05) is 44.2 Å². The standard InChI is InChI=1S/C12H14N2/c1-9(2)11-8-13-12(14-11)10-6-4-3-5-7-10/h3-9H,1-2H3,(H,13,14). The van der Waals surface area contributed by atoms with Gasteiger partial charge in [0, 0.05) is 11.8 Å². The number of rotatable bonds is 2. The lowest BCUT2D eigenvalue weighted by molar-refractivity contribution is 0.833. The SMILES string of the molecule is CC(C)c1c[nH]c(-c2ccccc2)n1. The maximum atomic E-state index is 4.52. The second-order valence-electron chi connectivity index (χ2n) is 3.69. The Morgan fingerprint density at radius 3 is 2.43 bits per heavy atom. The summed E-state index contributed by atoms with van der Waals surface area (Å²) in [5, 5.41) is 0. The number of aromatic amines is 1. The van der Waals surface area contributed by atoms with Crippen LogP contribution in [0.25, 0.3) is 11.4 Å². The van der Waals surface area contributed by atoms with Gasteiger partial charge in [-0.05, 0) is 5.92 Å². The highest BCUT2D eigenvalue weighted by molar-refractivity contribution is 5.54. The van der Waals surface area contributed by atoms with E-state index in [1.807, 2.05) is 24.4 Å². The first-order valence-corrected chi connectivity index (χ1v) is 4.88. The Labute approximate surface area is 84.0 Å². The average Bonchev–Trinajstić information content (AvgIpc) is 2.68. The number of H-pyrrole nitrogens is 1. The molecule has 0 spiro atoms. The number of benzene rings is 1. The normalized spacial score (nSPS) is 10.8. The second-order valence-corrected chi connectivity index (χ2v) is 3.69. The van der Waals surface area contributed by atoms with Crippen LogP contribution in [0.3, 0.4) is 0 Å². The lowest BCUT2D eigenvalue weighted by Crippen LogP contribution is -1.86. The largest absolute Gasteiger partial charge is 0.344 e. The van der Waals surface area contributed by atoms with Crippen molar-refractivity contribution in [3.05, 3.63) is 42.2 Å². The number of hydrogen-bond acceptors (Lipinski definition) is 1. The van der Waals surface area contributed by atoms with Gasteiger partial charge in [0.15, 0.2) is 0 Å². The molecule has 2 rings (SSSR count). The zero-order valence-electron chi connectivity index (χ0n) is 8.49. The lowest BCUT2D eigenvalue weighted by atomic mass is 10.1. The highest BCUT2D eigenvalue weighted by atomic mass is 14.9. The summed E-state index contributed by atoms with van der Waals surface area (Å²) in [6.45, 7) is 4.29. The van der Waals surface area contributed by atoms with Crippen LogP contribution >= 0.6 is 0 Å². The minimum absolute atomic E-state index is 0.476. The molecule has 2 nitrogen and oxygen atoms in total. The van der Waals surface area contributed by atoms with Gasteiger partial charge in [-0.3, -0.25) is 0 Å². The zero-order valence-corrected chi connectivity index (χ0v) is 8.49. The second kappa shape index (κ2) is 3.66. The van der Waals surface area contributed by atoms with Crippen LogP contribution in [0.1, 0.15) is 25.5 Å². The van der Waals surface area contributed by atoms with Crippen molar-refractivity contribution in [3.63, 3.8) is 0 Å². The molecule has 14 heavy (non-hydrogen) atoms. The van der Waals surface area contributed by atoms with E-state index in [0.29, 0.717) is 5.92 Å². The molecule has 2 aromatic rings. The van der Waals surface area contributed by atoms with Crippen LogP contribution in [0.5, 0.6) is 0 Å². The molecule has 0 bridgehead atoms. The lowest BCUT2D eigenvalue weighted by Gasteiger charge is -1.97. The summed E-state index contributed by atoms with van der Waals surface area (Å²) in [5.41, 5.74) is 2.25. The fraction of sp³-hybridized carbons (Fsp3) is 0.250. The van der Waals surface area contributed by atoms with Crippen molar-refractivity contribution < 1.29 is 0 Å². The summed E-state index contributed by atoms with van der Waals surface area (Å²) >= 11 is 0. The monoisotopic (exact) mass is 186 g/mol. The minimum Gasteiger partial charge on any atom is -0.344 e. The summed E-state index contributed by atoms with van der Waals surface area (Å²) < 4.78 is 0. The number of hydrogen-bond donors (Lipinski definition) is 1. The smallest absolute Gasteiger partial charge is 0.137 e. The Balaban J connectivity index is 2.34. The third-order valence-corrected chi connectivity index (χ3v) is 2.24. The maximum Gasteiger partial charge on any atom is 0.137 e. The average molecular weight is 186 g/mol. The molecule has 0 aliphatic carbocycles. The molecule has 1 aromatic carbocycles. The fourth-order valence-electron chi connectivity index (χ4n) is 1.38. The molecule has 1 N–H and O–H groups in total. The molecule has 72 valence electrons. The Kier molecular flexibility index (Phi) is 2.35. The number of nitrogens with one attached hydrogen (secondary N) is 1. The third kappa shape index (κ3) is 1.69. The van der Waals surface area contributed by atoms with E-state index in [-0.39, 0.29) is 0 Å². The predicted octanol–water partition coefficient (Wildman–Crippen LogP) is 3.20. The van der Waals surface area contributed by atoms with Crippen molar-refractivity contribution >= 4 is 0 Å². The van der Waals surface area contributed by atoms with Crippen molar-refractivity contribution in [1.82, 2.24) is 9.97 Å². The van der Waals surface area contributed by atoms with Crippen molar-refractivity contribution in [1.29, 1.82) is 0 Å². The van der Waals surface area contributed by atoms with Crippen LogP contribution in [-0.2, 0) is 0 Å². The van der Waals surface area contributed by atoms with E-state index in [4.69, 9.17) is 0 Å². The first-order chi connectivity index (χ1) is 6.77. The van der Waals surface area contributed by atoms with Gasteiger partial charge in [0.1, 0.15) is 5.82 Å². The molecule has 0 radical (unpaired) electrons. The first kappa shape index (κ1) is 9.00. The van der Waals surface area contributed by atoms with Crippen LogP contribution < -0.4 is 0 Å². The Hall–Kier alpha value is -1.57. The van der Waals surface area contributed by atoms with Gasteiger partial charge in [-0.2, -0.15) is 0 Å². The van der Waals surface area contributed by atoms with Gasteiger partial charge in [0.2, 0.25) is 0 Å². The van der Waals surface area contributed by atoms with E-state index < -0.39 is 0 Å². The minimum atomic E-state index is 0.476. The number of aromatic nitrogens is 2. The highest BCUT2D eigenvalue weighted by Gasteiger charge is 2.05. The molecule has 0 saturated carbocycles. The van der Waals surface area contributed by atoms with Crippen LogP contribution in [0.15, 0.2) is 36.5 Å². The predicted molar refractivity (Wildman–Crippen MR) is 58.1 cm³/mol. The Morgan fingerprint density at radius 1 is 1.14 bits per heavy atom. The van der Waals surface area contributed by atoms with Crippen LogP contribution in [0.2, 0.25) is 0 Å². The molecule has 2 heteroatoms. The van der Waals surface area contributed by atoms with Gasteiger partial charge in [0.05, 0.1) is 5.69 Å². The molecule has 0 amide bonds. The van der Waals surface area contributed by atoms with Gasteiger partial charge in [0.25, 0.3) is 0 Å². The van der Waals surface area contributed by atoms with Gasteiger partial charge in [-0.25, -0.2) is 4.98 Å². The van der Waals surface area contributed by atoms with Crippen molar-refractivity contribution in [2.75, 3.05) is 0 Å². The maximum absolute atomic E-state index is 4.52. The topological polar surface area (TPSA) is 28.7 Å². The Bertz CT molecular complexity index is 401. The van der Waals surface area contributed by atoms with E-state index >= 15 is 0 Å². The van der Waals surface area contributed by atoms with Crippen molar-refractivity contribution in [3.8, 4) is 11.4 Å². The molecule has 0 saturated heterocycles. The quantitative estimate of drug-likeness (QED) is 0.766. The molecule has 0 unspecified atom stereocenters. The molecule has 1 heterocycles. The van der Waals surface area contributed by atoms with E-state index in [2.05, 4.69) is 35.9 Å². The zero-order chi connectivity index (χ0) is 9.97. The van der Waals surface area contributed by atoms with Crippen LogP contribution in [0.4, 0.5) is 0 Å². The molecular formula is C12H14N2. The summed E-state index contributed by atoms with van der Waals surface area (Å²) in [4.78, 5) is 7.72. The molecule has 0 aliphatic heterocycles. The summed E-state index contributed by atoms with van der Waals surface area (Å²) in [6, 6.07) is 10.2. The van der Waals surface area contributed by atoms with Gasteiger partial charge >= 0.3 is 0 Å². The highest BCUT2D eigenvalue weighted by Crippen LogP contribution is 2.18. The first-order valence-electron chi connectivity index (χ1n) is 4.88.